The first-order valence-electron chi connectivity index (χ1n) is 11.5. The smallest absolute Gasteiger partial charge is 0.315 e. The molecule has 1 unspecified atom stereocenters. The van der Waals surface area contributed by atoms with Crippen LogP contribution in [0.3, 0.4) is 0 Å². The van der Waals surface area contributed by atoms with Crippen LogP contribution in [0.5, 0.6) is 0 Å². The average molecular weight is 445 g/mol. The molecule has 0 aromatic heterocycles. The van der Waals surface area contributed by atoms with Crippen molar-refractivity contribution in [2.75, 3.05) is 19.0 Å². The summed E-state index contributed by atoms with van der Waals surface area (Å²) in [6, 6.07) is 17.7. The van der Waals surface area contributed by atoms with E-state index in [2.05, 4.69) is 13.8 Å². The van der Waals surface area contributed by atoms with E-state index in [-0.39, 0.29) is 29.7 Å². The lowest BCUT2D eigenvalue weighted by molar-refractivity contribution is -0.148. The molecular formula is C28H32N2O3. The second kappa shape index (κ2) is 8.97. The molecule has 2 aromatic rings. The van der Waals surface area contributed by atoms with Crippen LogP contribution in [0.25, 0.3) is 0 Å². The highest BCUT2D eigenvalue weighted by atomic mass is 16.5. The van der Waals surface area contributed by atoms with Gasteiger partial charge in [-0.3, -0.25) is 14.6 Å². The highest BCUT2D eigenvalue weighted by Gasteiger charge is 2.46. The zero-order valence-corrected chi connectivity index (χ0v) is 20.1. The summed E-state index contributed by atoms with van der Waals surface area (Å²) in [7, 11) is 3.98. The van der Waals surface area contributed by atoms with Crippen molar-refractivity contribution >= 4 is 23.2 Å². The first-order valence-corrected chi connectivity index (χ1v) is 11.5. The van der Waals surface area contributed by atoms with E-state index in [1.807, 2.05) is 80.5 Å². The van der Waals surface area contributed by atoms with Crippen molar-refractivity contribution in [3.8, 4) is 0 Å². The van der Waals surface area contributed by atoms with Crippen molar-refractivity contribution in [1.82, 2.24) is 0 Å². The molecular weight excluding hydrogens is 412 g/mol. The number of ketones is 1. The van der Waals surface area contributed by atoms with Crippen LogP contribution in [0.2, 0.25) is 0 Å². The molecule has 0 spiro atoms. The molecule has 1 heterocycles. The minimum Gasteiger partial charge on any atom is -0.460 e. The van der Waals surface area contributed by atoms with Gasteiger partial charge in [-0.2, -0.15) is 0 Å². The van der Waals surface area contributed by atoms with Gasteiger partial charge in [0.05, 0.1) is 0 Å². The Morgan fingerprint density at radius 2 is 1.73 bits per heavy atom. The van der Waals surface area contributed by atoms with E-state index in [0.29, 0.717) is 17.7 Å². The Balaban J connectivity index is 1.73. The molecule has 0 fully saturated rings. The largest absolute Gasteiger partial charge is 0.460 e. The predicted molar refractivity (Wildman–Crippen MR) is 131 cm³/mol. The summed E-state index contributed by atoms with van der Waals surface area (Å²) in [6.45, 7) is 6.27. The Hall–Kier alpha value is -3.21. The number of benzene rings is 2. The molecule has 0 N–H and O–H groups in total. The molecule has 4 rings (SSSR count). The quantitative estimate of drug-likeness (QED) is 0.586. The predicted octanol–water partition coefficient (Wildman–Crippen LogP) is 5.31. The summed E-state index contributed by atoms with van der Waals surface area (Å²) in [6.07, 6.45) is 1.18. The number of esters is 1. The zero-order chi connectivity index (χ0) is 23.8. The van der Waals surface area contributed by atoms with Crippen LogP contribution in [0.15, 0.2) is 70.9 Å². The number of carbonyl (C=O) groups is 2. The average Bonchev–Trinajstić information content (AvgIpc) is 2.76. The van der Waals surface area contributed by atoms with E-state index in [9.17, 15) is 9.59 Å². The third kappa shape index (κ3) is 4.77. The number of nitrogens with zero attached hydrogens (tertiary/aromatic N) is 2. The van der Waals surface area contributed by atoms with Crippen LogP contribution in [0.1, 0.15) is 50.7 Å². The fourth-order valence-electron chi connectivity index (χ4n) is 4.91. The summed E-state index contributed by atoms with van der Waals surface area (Å²) < 4.78 is 5.75. The highest BCUT2D eigenvalue weighted by molar-refractivity contribution is 6.09. The molecule has 2 aromatic carbocycles. The fraction of sp³-hybridized carbons (Fsp3) is 0.393. The Kier molecular flexibility index (Phi) is 6.24. The summed E-state index contributed by atoms with van der Waals surface area (Å²) in [5.74, 6) is -1.27. The van der Waals surface area contributed by atoms with Crippen LogP contribution in [-0.2, 0) is 20.9 Å². The van der Waals surface area contributed by atoms with Crippen LogP contribution in [0, 0.1) is 11.3 Å². The van der Waals surface area contributed by atoms with Gasteiger partial charge in [-0.15, -0.1) is 0 Å². The molecule has 1 aliphatic heterocycles. The molecule has 0 saturated heterocycles. The van der Waals surface area contributed by atoms with Gasteiger partial charge in [0, 0.05) is 49.1 Å². The van der Waals surface area contributed by atoms with Crippen molar-refractivity contribution in [3.05, 3.63) is 77.0 Å². The molecule has 5 nitrogen and oxygen atoms in total. The van der Waals surface area contributed by atoms with Gasteiger partial charge < -0.3 is 9.64 Å². The number of Topliss-reactive ketones (excluding diaryl/α,β-unsaturated/α-hetero) is 1. The summed E-state index contributed by atoms with van der Waals surface area (Å²) >= 11 is 0. The number of hydrogen-bond acceptors (Lipinski definition) is 5. The van der Waals surface area contributed by atoms with Crippen molar-refractivity contribution < 1.29 is 14.3 Å². The van der Waals surface area contributed by atoms with Crippen LogP contribution in [0.4, 0.5) is 5.69 Å². The maximum Gasteiger partial charge on any atom is 0.315 e. The van der Waals surface area contributed by atoms with Gasteiger partial charge in [0.2, 0.25) is 0 Å². The van der Waals surface area contributed by atoms with Gasteiger partial charge in [0.15, 0.2) is 5.78 Å². The summed E-state index contributed by atoms with van der Waals surface area (Å²) in [5, 5.41) is 0. The van der Waals surface area contributed by atoms with Crippen molar-refractivity contribution in [2.45, 2.75) is 46.1 Å². The second-order valence-corrected chi connectivity index (χ2v) is 10.1. The Labute approximate surface area is 196 Å². The van der Waals surface area contributed by atoms with Crippen LogP contribution in [-0.4, -0.2) is 31.6 Å². The van der Waals surface area contributed by atoms with E-state index < -0.39 is 5.92 Å². The summed E-state index contributed by atoms with van der Waals surface area (Å²) in [5.41, 5.74) is 5.00. The molecule has 33 heavy (non-hydrogen) atoms. The molecule has 5 heteroatoms. The Morgan fingerprint density at radius 1 is 1.06 bits per heavy atom. The van der Waals surface area contributed by atoms with E-state index in [0.717, 1.165) is 28.9 Å². The van der Waals surface area contributed by atoms with Gasteiger partial charge in [0.1, 0.15) is 12.5 Å². The maximum absolute atomic E-state index is 13.4. The van der Waals surface area contributed by atoms with E-state index in [1.165, 1.54) is 0 Å². The molecule has 2 atom stereocenters. The third-order valence-electron chi connectivity index (χ3n) is 6.55. The molecule has 1 aliphatic carbocycles. The third-order valence-corrected chi connectivity index (χ3v) is 6.55. The van der Waals surface area contributed by atoms with E-state index in [4.69, 9.17) is 9.73 Å². The fourth-order valence-corrected chi connectivity index (χ4v) is 4.91. The SMILES string of the molecule is CC1=NC2=C(C(=O)CC(C)(C)C2)[C@H](c2ccc(N(C)C)cc2)C1C(=O)OCc1ccccc1. The molecule has 0 saturated carbocycles. The normalized spacial score (nSPS) is 21.8. The lowest BCUT2D eigenvalue weighted by Crippen LogP contribution is -2.39. The van der Waals surface area contributed by atoms with Crippen molar-refractivity contribution in [1.29, 1.82) is 0 Å². The standard InChI is InChI=1S/C28H32N2O3/c1-18-24(27(32)33-17-19-9-7-6-8-10-19)25(20-11-13-21(14-12-20)30(4)5)26-22(29-18)15-28(2,3)16-23(26)31/h6-14,24-25H,15-17H2,1-5H3/t24?,25-/m1/s1. The number of rotatable bonds is 5. The number of anilines is 1. The lowest BCUT2D eigenvalue weighted by atomic mass is 9.67. The monoisotopic (exact) mass is 444 g/mol. The van der Waals surface area contributed by atoms with Crippen LogP contribution >= 0.6 is 0 Å². The summed E-state index contributed by atoms with van der Waals surface area (Å²) in [4.78, 5) is 33.6. The highest BCUT2D eigenvalue weighted by Crippen LogP contribution is 2.48. The number of carbonyl (C=O) groups excluding carboxylic acids is 2. The van der Waals surface area contributed by atoms with Crippen molar-refractivity contribution in [2.24, 2.45) is 16.3 Å². The van der Waals surface area contributed by atoms with E-state index in [1.54, 1.807) is 0 Å². The van der Waals surface area contributed by atoms with Gasteiger partial charge in [0.25, 0.3) is 0 Å². The number of hydrogen-bond donors (Lipinski definition) is 0. The Bertz CT molecular complexity index is 1110. The van der Waals surface area contributed by atoms with Gasteiger partial charge in [-0.05, 0) is 42.0 Å². The Morgan fingerprint density at radius 3 is 2.36 bits per heavy atom. The molecule has 2 aliphatic rings. The van der Waals surface area contributed by atoms with E-state index >= 15 is 0 Å². The van der Waals surface area contributed by atoms with Crippen molar-refractivity contribution in [3.63, 3.8) is 0 Å². The molecule has 0 amide bonds. The van der Waals surface area contributed by atoms with Gasteiger partial charge >= 0.3 is 5.97 Å². The van der Waals surface area contributed by atoms with Gasteiger partial charge in [-0.1, -0.05) is 56.3 Å². The van der Waals surface area contributed by atoms with Gasteiger partial charge in [-0.25, -0.2) is 0 Å². The first kappa shape index (κ1) is 23.0. The minimum atomic E-state index is -0.622. The number of ether oxygens (including phenoxy) is 1. The lowest BCUT2D eigenvalue weighted by Gasteiger charge is -2.39. The number of allylic oxidation sites excluding steroid dienone is 2. The molecule has 0 bridgehead atoms. The number of aliphatic imine (C=N–C) groups is 1. The zero-order valence-electron chi connectivity index (χ0n) is 20.1. The molecule has 172 valence electrons. The molecule has 0 radical (unpaired) electrons. The minimum absolute atomic E-state index is 0.0834. The topological polar surface area (TPSA) is 59.0 Å². The maximum atomic E-state index is 13.4. The second-order valence-electron chi connectivity index (χ2n) is 10.1. The van der Waals surface area contributed by atoms with Crippen LogP contribution < -0.4 is 4.90 Å². The first-order chi connectivity index (χ1) is 15.7.